The first-order valence-electron chi connectivity index (χ1n) is 5.27. The second-order valence-electron chi connectivity index (χ2n) is 3.27. The maximum atomic E-state index is 5.36. The average Bonchev–Trinajstić information content (AvgIpc) is 2.34. The molecule has 0 bridgehead atoms. The summed E-state index contributed by atoms with van der Waals surface area (Å²) >= 11 is 0. The van der Waals surface area contributed by atoms with Gasteiger partial charge in [-0.3, -0.25) is 0 Å². The highest BCUT2D eigenvalue weighted by Crippen LogP contribution is 2.39. The maximum Gasteiger partial charge on any atom is 0.203 e. The van der Waals surface area contributed by atoms with E-state index in [1.807, 2.05) is 12.1 Å². The van der Waals surface area contributed by atoms with Crippen molar-refractivity contribution >= 4 is 12.4 Å². The van der Waals surface area contributed by atoms with Crippen LogP contribution in [0.4, 0.5) is 0 Å². The molecule has 0 aliphatic heterocycles. The van der Waals surface area contributed by atoms with Crippen LogP contribution in [-0.2, 0) is 6.54 Å². The van der Waals surface area contributed by atoms with E-state index in [0.717, 1.165) is 24.4 Å². The van der Waals surface area contributed by atoms with E-state index in [0.29, 0.717) is 11.5 Å². The molecule has 1 rings (SSSR count). The molecule has 5 heteroatoms. The molecule has 1 aromatic rings. The van der Waals surface area contributed by atoms with Crippen LogP contribution in [0.3, 0.4) is 0 Å². The van der Waals surface area contributed by atoms with Gasteiger partial charge in [-0.2, -0.15) is 0 Å². The van der Waals surface area contributed by atoms with Gasteiger partial charge in [0.1, 0.15) is 0 Å². The van der Waals surface area contributed by atoms with Crippen LogP contribution < -0.4 is 19.5 Å². The van der Waals surface area contributed by atoms with Gasteiger partial charge in [0.05, 0.1) is 21.3 Å². The Morgan fingerprint density at radius 3 is 2.12 bits per heavy atom. The Labute approximate surface area is 109 Å². The predicted molar refractivity (Wildman–Crippen MR) is 70.7 cm³/mol. The molecule has 1 N–H and O–H groups in total. The smallest absolute Gasteiger partial charge is 0.203 e. The van der Waals surface area contributed by atoms with E-state index < -0.39 is 0 Å². The Morgan fingerprint density at radius 2 is 1.65 bits per heavy atom. The highest BCUT2D eigenvalue weighted by Gasteiger charge is 2.14. The first-order valence-corrected chi connectivity index (χ1v) is 5.27. The van der Waals surface area contributed by atoms with Crippen LogP contribution in [0.2, 0.25) is 0 Å². The summed E-state index contributed by atoms with van der Waals surface area (Å²) in [5, 5.41) is 3.25. The molecule has 0 heterocycles. The Kier molecular flexibility index (Phi) is 7.50. The molecule has 0 atom stereocenters. The minimum Gasteiger partial charge on any atom is -0.493 e. The zero-order valence-corrected chi connectivity index (χ0v) is 11.5. The number of hydrogen-bond donors (Lipinski definition) is 1. The van der Waals surface area contributed by atoms with E-state index in [9.17, 15) is 0 Å². The van der Waals surface area contributed by atoms with E-state index in [2.05, 4.69) is 12.2 Å². The van der Waals surface area contributed by atoms with Crippen LogP contribution >= 0.6 is 12.4 Å². The maximum absolute atomic E-state index is 5.36. The summed E-state index contributed by atoms with van der Waals surface area (Å²) in [5.41, 5.74) is 1.06. The highest BCUT2D eigenvalue weighted by molar-refractivity contribution is 5.85. The fraction of sp³-hybridized carbons (Fsp3) is 0.500. The molecule has 0 amide bonds. The Balaban J connectivity index is 0.00000256. The first kappa shape index (κ1) is 15.9. The second kappa shape index (κ2) is 8.03. The van der Waals surface area contributed by atoms with Crippen LogP contribution in [0.15, 0.2) is 12.1 Å². The number of halogens is 1. The van der Waals surface area contributed by atoms with E-state index in [1.54, 1.807) is 21.3 Å². The molecule has 4 nitrogen and oxygen atoms in total. The molecule has 0 aliphatic carbocycles. The molecule has 0 radical (unpaired) electrons. The van der Waals surface area contributed by atoms with Crippen LogP contribution in [0.5, 0.6) is 17.2 Å². The molecule has 0 saturated heterocycles. The van der Waals surface area contributed by atoms with Crippen molar-refractivity contribution in [2.24, 2.45) is 0 Å². The lowest BCUT2D eigenvalue weighted by Crippen LogP contribution is -2.13. The molecule has 0 aromatic heterocycles. The Morgan fingerprint density at radius 1 is 1.00 bits per heavy atom. The fourth-order valence-electron chi connectivity index (χ4n) is 1.56. The lowest BCUT2D eigenvalue weighted by Gasteiger charge is -2.15. The summed E-state index contributed by atoms with van der Waals surface area (Å²) in [6.45, 7) is 3.73. The van der Waals surface area contributed by atoms with Gasteiger partial charge in [-0.1, -0.05) is 13.0 Å². The summed E-state index contributed by atoms with van der Waals surface area (Å²) in [7, 11) is 4.85. The van der Waals surface area contributed by atoms with Crippen molar-refractivity contribution in [1.82, 2.24) is 5.32 Å². The molecule has 0 fully saturated rings. The van der Waals surface area contributed by atoms with Crippen molar-refractivity contribution in [3.05, 3.63) is 17.7 Å². The topological polar surface area (TPSA) is 39.7 Å². The normalized spacial score (nSPS) is 9.41. The zero-order valence-electron chi connectivity index (χ0n) is 10.7. The third-order valence-electron chi connectivity index (χ3n) is 2.35. The molecular weight excluding hydrogens is 242 g/mol. The predicted octanol–water partition coefficient (Wildman–Crippen LogP) is 2.24. The number of hydrogen-bond acceptors (Lipinski definition) is 4. The zero-order chi connectivity index (χ0) is 12.0. The molecule has 0 unspecified atom stereocenters. The van der Waals surface area contributed by atoms with Crippen LogP contribution in [0, 0.1) is 0 Å². The summed E-state index contributed by atoms with van der Waals surface area (Å²) in [6.07, 6.45) is 0. The summed E-state index contributed by atoms with van der Waals surface area (Å²) in [5.74, 6) is 2.04. The first-order chi connectivity index (χ1) is 7.78. The lowest BCUT2D eigenvalue weighted by atomic mass is 10.1. The number of methoxy groups -OCH3 is 3. The van der Waals surface area contributed by atoms with Crippen molar-refractivity contribution in [2.75, 3.05) is 27.9 Å². The number of rotatable bonds is 6. The number of ether oxygens (including phenoxy) is 3. The van der Waals surface area contributed by atoms with E-state index >= 15 is 0 Å². The van der Waals surface area contributed by atoms with E-state index in [1.165, 1.54) is 0 Å². The molecule has 0 spiro atoms. The minimum absolute atomic E-state index is 0. The van der Waals surface area contributed by atoms with Gasteiger partial charge >= 0.3 is 0 Å². The molecular formula is C12H20ClNO3. The Hall–Kier alpha value is -1.13. The molecule has 98 valence electrons. The summed E-state index contributed by atoms with van der Waals surface area (Å²) in [6, 6.07) is 3.86. The van der Waals surface area contributed by atoms with E-state index in [-0.39, 0.29) is 12.4 Å². The van der Waals surface area contributed by atoms with Crippen molar-refractivity contribution < 1.29 is 14.2 Å². The molecule has 17 heavy (non-hydrogen) atoms. The summed E-state index contributed by atoms with van der Waals surface area (Å²) in [4.78, 5) is 0. The SMILES string of the molecule is CCNCc1ccc(OC)c(OC)c1OC.Cl. The van der Waals surface area contributed by atoms with E-state index in [4.69, 9.17) is 14.2 Å². The van der Waals surface area contributed by atoms with Crippen LogP contribution in [0.25, 0.3) is 0 Å². The van der Waals surface area contributed by atoms with Gasteiger partial charge in [0, 0.05) is 12.1 Å². The molecule has 0 aliphatic rings. The van der Waals surface area contributed by atoms with Crippen molar-refractivity contribution in [1.29, 1.82) is 0 Å². The van der Waals surface area contributed by atoms with Gasteiger partial charge in [0.15, 0.2) is 11.5 Å². The quantitative estimate of drug-likeness (QED) is 0.853. The average molecular weight is 262 g/mol. The van der Waals surface area contributed by atoms with Gasteiger partial charge in [0.25, 0.3) is 0 Å². The number of benzene rings is 1. The van der Waals surface area contributed by atoms with Crippen LogP contribution in [-0.4, -0.2) is 27.9 Å². The van der Waals surface area contributed by atoms with Gasteiger partial charge in [-0.25, -0.2) is 0 Å². The minimum atomic E-state index is 0. The highest BCUT2D eigenvalue weighted by atomic mass is 35.5. The number of nitrogens with one attached hydrogen (secondary N) is 1. The monoisotopic (exact) mass is 261 g/mol. The van der Waals surface area contributed by atoms with Gasteiger partial charge in [-0.05, 0) is 12.6 Å². The third-order valence-corrected chi connectivity index (χ3v) is 2.35. The molecule has 0 saturated carbocycles. The third kappa shape index (κ3) is 3.68. The van der Waals surface area contributed by atoms with Crippen molar-refractivity contribution in [3.63, 3.8) is 0 Å². The van der Waals surface area contributed by atoms with Gasteiger partial charge in [-0.15, -0.1) is 12.4 Å². The molecule has 1 aromatic carbocycles. The van der Waals surface area contributed by atoms with Gasteiger partial charge in [0.2, 0.25) is 5.75 Å². The lowest BCUT2D eigenvalue weighted by molar-refractivity contribution is 0.321. The van der Waals surface area contributed by atoms with Crippen molar-refractivity contribution in [3.8, 4) is 17.2 Å². The van der Waals surface area contributed by atoms with Gasteiger partial charge < -0.3 is 19.5 Å². The standard InChI is InChI=1S/C12H19NO3.ClH/c1-5-13-8-9-6-7-10(14-2)12(16-4)11(9)15-3;/h6-7,13H,5,8H2,1-4H3;1H. The van der Waals surface area contributed by atoms with Crippen LogP contribution in [0.1, 0.15) is 12.5 Å². The largest absolute Gasteiger partial charge is 0.493 e. The second-order valence-corrected chi connectivity index (χ2v) is 3.27. The fourth-order valence-corrected chi connectivity index (χ4v) is 1.56. The summed E-state index contributed by atoms with van der Waals surface area (Å²) < 4.78 is 15.9. The van der Waals surface area contributed by atoms with Crippen molar-refractivity contribution in [2.45, 2.75) is 13.5 Å². The Bertz CT molecular complexity index is 345.